The summed E-state index contributed by atoms with van der Waals surface area (Å²) in [6.45, 7) is 6.61. The van der Waals surface area contributed by atoms with Gasteiger partial charge in [0.15, 0.2) is 6.10 Å². The molecule has 68 heavy (non-hydrogen) atoms. The molecule has 0 aliphatic rings. The highest BCUT2D eigenvalue weighted by Gasteiger charge is 2.19. The number of allylic oxidation sites excluding steroid dienone is 10. The molecular weight excluding hydrogens is 841 g/mol. The van der Waals surface area contributed by atoms with Crippen LogP contribution in [0.15, 0.2) is 60.8 Å². The van der Waals surface area contributed by atoms with Crippen LogP contribution in [0.2, 0.25) is 0 Å². The lowest BCUT2D eigenvalue weighted by Gasteiger charge is -2.18. The first-order valence-electron chi connectivity index (χ1n) is 29.3. The van der Waals surface area contributed by atoms with Crippen LogP contribution in [0.1, 0.15) is 297 Å². The second-order valence-corrected chi connectivity index (χ2v) is 19.6. The third-order valence-electron chi connectivity index (χ3n) is 12.7. The van der Waals surface area contributed by atoms with Gasteiger partial charge < -0.3 is 14.2 Å². The maximum absolute atomic E-state index is 12.9. The van der Waals surface area contributed by atoms with Gasteiger partial charge in [0.2, 0.25) is 0 Å². The van der Waals surface area contributed by atoms with Crippen LogP contribution in [0.3, 0.4) is 0 Å². The standard InChI is InChI=1S/C62H110O6/c1-4-7-10-13-16-19-22-25-28-30-31-33-34-37-40-43-46-49-52-55-61(64)67-58-59(57-66-60(63)54-51-48-45-42-39-36-27-24-21-18-15-12-9-6-3)68-62(65)56-53-50-47-44-41-38-35-32-29-26-23-20-17-14-11-8-5-2/h16,19,25-26,28-29,31,33,37,40,59H,4-15,17-18,20-24,27,30,32,34-36,38-39,41-58H2,1-3H3/b19-16-,28-25-,29-26-,33-31-,40-37-/t59-/m1/s1. The van der Waals surface area contributed by atoms with Crippen LogP contribution in [0.25, 0.3) is 0 Å². The molecule has 0 aromatic rings. The number of esters is 3. The van der Waals surface area contributed by atoms with Gasteiger partial charge in [-0.05, 0) is 89.9 Å². The average Bonchev–Trinajstić information content (AvgIpc) is 3.34. The van der Waals surface area contributed by atoms with E-state index in [4.69, 9.17) is 14.2 Å². The lowest BCUT2D eigenvalue weighted by atomic mass is 10.0. The molecule has 0 N–H and O–H groups in total. The minimum absolute atomic E-state index is 0.0836. The van der Waals surface area contributed by atoms with Gasteiger partial charge in [-0.1, -0.05) is 248 Å². The van der Waals surface area contributed by atoms with Gasteiger partial charge in [-0.3, -0.25) is 14.4 Å². The lowest BCUT2D eigenvalue weighted by Crippen LogP contribution is -2.30. The Kier molecular flexibility index (Phi) is 54.3. The number of carbonyl (C=O) groups excluding carboxylic acids is 3. The third-order valence-corrected chi connectivity index (χ3v) is 12.7. The molecule has 0 unspecified atom stereocenters. The smallest absolute Gasteiger partial charge is 0.306 e. The van der Waals surface area contributed by atoms with Crippen LogP contribution in [-0.2, 0) is 28.6 Å². The monoisotopic (exact) mass is 951 g/mol. The zero-order valence-corrected chi connectivity index (χ0v) is 45.1. The Morgan fingerprint density at radius 1 is 0.294 bits per heavy atom. The fraction of sp³-hybridized carbons (Fsp3) is 0.790. The van der Waals surface area contributed by atoms with Crippen LogP contribution in [0.4, 0.5) is 0 Å². The molecule has 0 aliphatic heterocycles. The first-order valence-corrected chi connectivity index (χ1v) is 29.3. The molecule has 0 saturated carbocycles. The summed E-state index contributed by atoms with van der Waals surface area (Å²) in [5, 5.41) is 0. The summed E-state index contributed by atoms with van der Waals surface area (Å²) in [5.41, 5.74) is 0. The highest BCUT2D eigenvalue weighted by atomic mass is 16.6. The summed E-state index contributed by atoms with van der Waals surface area (Å²) < 4.78 is 16.9. The number of hydrogen-bond acceptors (Lipinski definition) is 6. The van der Waals surface area contributed by atoms with E-state index in [-0.39, 0.29) is 31.1 Å². The highest BCUT2D eigenvalue weighted by Crippen LogP contribution is 2.16. The predicted octanol–water partition coefficient (Wildman–Crippen LogP) is 19.6. The minimum Gasteiger partial charge on any atom is -0.462 e. The Morgan fingerprint density at radius 2 is 0.529 bits per heavy atom. The molecule has 0 rings (SSSR count). The van der Waals surface area contributed by atoms with Crippen LogP contribution >= 0.6 is 0 Å². The molecule has 0 aliphatic carbocycles. The normalized spacial score (nSPS) is 12.5. The van der Waals surface area contributed by atoms with E-state index in [0.29, 0.717) is 19.3 Å². The molecule has 0 saturated heterocycles. The minimum atomic E-state index is -0.788. The quantitative estimate of drug-likeness (QED) is 0.0262. The number of unbranched alkanes of at least 4 members (excludes halogenated alkanes) is 32. The molecule has 394 valence electrons. The number of hydrogen-bond donors (Lipinski definition) is 0. The van der Waals surface area contributed by atoms with Crippen LogP contribution in [-0.4, -0.2) is 37.2 Å². The van der Waals surface area contributed by atoms with E-state index in [0.717, 1.165) is 83.5 Å². The second kappa shape index (κ2) is 56.7. The Hall–Kier alpha value is -2.89. The fourth-order valence-corrected chi connectivity index (χ4v) is 8.30. The van der Waals surface area contributed by atoms with Gasteiger partial charge in [0.25, 0.3) is 0 Å². The van der Waals surface area contributed by atoms with Crippen molar-refractivity contribution in [1.82, 2.24) is 0 Å². The Balaban J connectivity index is 4.42. The fourth-order valence-electron chi connectivity index (χ4n) is 8.30. The Morgan fingerprint density at radius 3 is 0.882 bits per heavy atom. The maximum Gasteiger partial charge on any atom is 0.306 e. The zero-order valence-electron chi connectivity index (χ0n) is 45.1. The summed E-state index contributed by atoms with van der Waals surface area (Å²) in [6, 6.07) is 0. The summed E-state index contributed by atoms with van der Waals surface area (Å²) in [6.07, 6.45) is 70.6. The Bertz CT molecular complexity index is 1230. The summed E-state index contributed by atoms with van der Waals surface area (Å²) in [5.74, 6) is -0.907. The zero-order chi connectivity index (χ0) is 49.3. The molecule has 0 aromatic carbocycles. The van der Waals surface area contributed by atoms with E-state index in [1.165, 1.54) is 173 Å². The summed E-state index contributed by atoms with van der Waals surface area (Å²) in [7, 11) is 0. The molecule has 0 amide bonds. The lowest BCUT2D eigenvalue weighted by molar-refractivity contribution is -0.167. The van der Waals surface area contributed by atoms with Crippen molar-refractivity contribution >= 4 is 17.9 Å². The molecule has 0 bridgehead atoms. The number of rotatable bonds is 53. The molecule has 1 atom stereocenters. The first kappa shape index (κ1) is 65.1. The SMILES string of the molecule is CCCCC/C=C\C/C=C\C/C=C\C/C=C\CCCCCC(=O)OC[C@@H](COC(=O)CCCCCCCCCCCCCCCC)OC(=O)CCCCCCCCC/C=C\CCCCCCCC. The van der Waals surface area contributed by atoms with E-state index in [9.17, 15) is 14.4 Å². The first-order chi connectivity index (χ1) is 33.5. The third kappa shape index (κ3) is 54.1. The number of ether oxygens (including phenoxy) is 3. The topological polar surface area (TPSA) is 78.9 Å². The molecule has 0 spiro atoms. The van der Waals surface area contributed by atoms with Crippen molar-refractivity contribution in [3.63, 3.8) is 0 Å². The van der Waals surface area contributed by atoms with Crippen molar-refractivity contribution in [1.29, 1.82) is 0 Å². The van der Waals surface area contributed by atoms with Gasteiger partial charge in [-0.2, -0.15) is 0 Å². The van der Waals surface area contributed by atoms with Gasteiger partial charge in [0.05, 0.1) is 0 Å². The van der Waals surface area contributed by atoms with E-state index >= 15 is 0 Å². The molecule has 6 heteroatoms. The molecule has 0 aromatic heterocycles. The average molecular weight is 952 g/mol. The van der Waals surface area contributed by atoms with Crippen LogP contribution in [0, 0.1) is 0 Å². The predicted molar refractivity (Wildman–Crippen MR) is 293 cm³/mol. The van der Waals surface area contributed by atoms with Crippen molar-refractivity contribution in [2.45, 2.75) is 303 Å². The van der Waals surface area contributed by atoms with Crippen molar-refractivity contribution in [3.8, 4) is 0 Å². The van der Waals surface area contributed by atoms with Gasteiger partial charge in [-0.15, -0.1) is 0 Å². The van der Waals surface area contributed by atoms with Crippen molar-refractivity contribution in [2.75, 3.05) is 13.2 Å². The largest absolute Gasteiger partial charge is 0.462 e. The summed E-state index contributed by atoms with van der Waals surface area (Å²) >= 11 is 0. The van der Waals surface area contributed by atoms with E-state index in [2.05, 4.69) is 81.5 Å². The molecule has 0 heterocycles. The number of carbonyl (C=O) groups is 3. The highest BCUT2D eigenvalue weighted by molar-refractivity contribution is 5.71. The molecular formula is C62H110O6. The van der Waals surface area contributed by atoms with Gasteiger partial charge in [0.1, 0.15) is 13.2 Å². The van der Waals surface area contributed by atoms with E-state index in [1.807, 2.05) is 0 Å². The Labute approximate surface area is 421 Å². The van der Waals surface area contributed by atoms with Crippen LogP contribution < -0.4 is 0 Å². The molecule has 0 radical (unpaired) electrons. The molecule has 6 nitrogen and oxygen atoms in total. The van der Waals surface area contributed by atoms with Crippen molar-refractivity contribution in [3.05, 3.63) is 60.8 Å². The van der Waals surface area contributed by atoms with E-state index < -0.39 is 6.10 Å². The van der Waals surface area contributed by atoms with Crippen molar-refractivity contribution < 1.29 is 28.6 Å². The molecule has 0 fully saturated rings. The second-order valence-electron chi connectivity index (χ2n) is 19.6. The van der Waals surface area contributed by atoms with Gasteiger partial charge in [0, 0.05) is 19.3 Å². The maximum atomic E-state index is 12.9. The van der Waals surface area contributed by atoms with Gasteiger partial charge in [-0.25, -0.2) is 0 Å². The summed E-state index contributed by atoms with van der Waals surface area (Å²) in [4.78, 5) is 38.2. The van der Waals surface area contributed by atoms with Crippen LogP contribution in [0.5, 0.6) is 0 Å². The van der Waals surface area contributed by atoms with E-state index in [1.54, 1.807) is 0 Å². The van der Waals surface area contributed by atoms with Gasteiger partial charge >= 0.3 is 17.9 Å². The van der Waals surface area contributed by atoms with Crippen molar-refractivity contribution in [2.24, 2.45) is 0 Å².